The maximum atomic E-state index is 4.69. The summed E-state index contributed by atoms with van der Waals surface area (Å²) in [6.07, 6.45) is 3.64. The van der Waals surface area contributed by atoms with Gasteiger partial charge < -0.3 is 15.1 Å². The number of likely N-dealkylation sites (N-methyl/N-ethyl adjacent to an activating group) is 1. The van der Waals surface area contributed by atoms with Gasteiger partial charge in [0.1, 0.15) is 0 Å². The molecule has 0 saturated carbocycles. The van der Waals surface area contributed by atoms with Crippen molar-refractivity contribution in [3.8, 4) is 0 Å². The molecular formula is C15H19N5. The molecular weight excluding hydrogens is 250 g/mol. The van der Waals surface area contributed by atoms with Crippen LogP contribution in [0.2, 0.25) is 0 Å². The van der Waals surface area contributed by atoms with Gasteiger partial charge in [0.2, 0.25) is 0 Å². The molecule has 1 aromatic carbocycles. The standard InChI is InChI=1S/C15H19N5/c1-16-9-12-10-17-11-15(18-12)20-8-7-19(2)13-5-3-4-6-14(13)20/h3-6,10-11,16H,7-9H2,1-2H3. The summed E-state index contributed by atoms with van der Waals surface area (Å²) in [5.41, 5.74) is 3.39. The van der Waals surface area contributed by atoms with Crippen LogP contribution in [0.5, 0.6) is 0 Å². The highest BCUT2D eigenvalue weighted by Gasteiger charge is 2.22. The molecule has 104 valence electrons. The molecule has 0 amide bonds. The van der Waals surface area contributed by atoms with E-state index in [0.717, 1.165) is 31.1 Å². The Morgan fingerprint density at radius 3 is 2.75 bits per heavy atom. The van der Waals surface area contributed by atoms with Crippen LogP contribution in [0.25, 0.3) is 0 Å². The quantitative estimate of drug-likeness (QED) is 0.920. The molecule has 2 heterocycles. The van der Waals surface area contributed by atoms with Crippen molar-refractivity contribution in [2.24, 2.45) is 0 Å². The molecule has 0 radical (unpaired) electrons. The Morgan fingerprint density at radius 1 is 1.15 bits per heavy atom. The van der Waals surface area contributed by atoms with Crippen LogP contribution in [0.1, 0.15) is 5.69 Å². The second-order valence-electron chi connectivity index (χ2n) is 4.96. The first-order valence-electron chi connectivity index (χ1n) is 6.83. The lowest BCUT2D eigenvalue weighted by Gasteiger charge is -2.36. The molecule has 1 aliphatic heterocycles. The first kappa shape index (κ1) is 12.9. The van der Waals surface area contributed by atoms with E-state index in [1.807, 2.05) is 19.4 Å². The molecule has 2 aromatic rings. The maximum Gasteiger partial charge on any atom is 0.152 e. The van der Waals surface area contributed by atoms with Crippen LogP contribution in [0.3, 0.4) is 0 Å². The number of hydrogen-bond acceptors (Lipinski definition) is 5. The van der Waals surface area contributed by atoms with Crippen molar-refractivity contribution in [2.45, 2.75) is 6.54 Å². The summed E-state index contributed by atoms with van der Waals surface area (Å²) in [4.78, 5) is 13.5. The zero-order chi connectivity index (χ0) is 13.9. The van der Waals surface area contributed by atoms with E-state index in [1.54, 1.807) is 0 Å². The lowest BCUT2D eigenvalue weighted by Crippen LogP contribution is -2.37. The molecule has 0 aliphatic carbocycles. The summed E-state index contributed by atoms with van der Waals surface area (Å²) >= 11 is 0. The summed E-state index contributed by atoms with van der Waals surface area (Å²) in [6, 6.07) is 8.42. The molecule has 0 spiro atoms. The largest absolute Gasteiger partial charge is 0.371 e. The normalized spacial score (nSPS) is 14.3. The highest BCUT2D eigenvalue weighted by molar-refractivity contribution is 5.77. The molecule has 1 aromatic heterocycles. The van der Waals surface area contributed by atoms with Gasteiger partial charge in [-0.3, -0.25) is 4.98 Å². The van der Waals surface area contributed by atoms with E-state index in [1.165, 1.54) is 11.4 Å². The first-order valence-corrected chi connectivity index (χ1v) is 6.83. The average molecular weight is 269 g/mol. The number of aromatic nitrogens is 2. The van der Waals surface area contributed by atoms with Gasteiger partial charge >= 0.3 is 0 Å². The minimum absolute atomic E-state index is 0.732. The third-order valence-electron chi connectivity index (χ3n) is 3.55. The van der Waals surface area contributed by atoms with E-state index in [4.69, 9.17) is 4.98 Å². The fourth-order valence-electron chi connectivity index (χ4n) is 2.54. The van der Waals surface area contributed by atoms with Crippen molar-refractivity contribution in [2.75, 3.05) is 37.0 Å². The average Bonchev–Trinajstić information content (AvgIpc) is 2.49. The number of nitrogens with one attached hydrogen (secondary N) is 1. The summed E-state index contributed by atoms with van der Waals surface area (Å²) in [5.74, 6) is 0.915. The van der Waals surface area contributed by atoms with Gasteiger partial charge in [-0.1, -0.05) is 12.1 Å². The van der Waals surface area contributed by atoms with Gasteiger partial charge in [-0.2, -0.15) is 0 Å². The minimum atomic E-state index is 0.732. The lowest BCUT2D eigenvalue weighted by atomic mass is 10.2. The number of hydrogen-bond donors (Lipinski definition) is 1. The molecule has 0 saturated heterocycles. The number of para-hydroxylation sites is 2. The van der Waals surface area contributed by atoms with E-state index in [0.29, 0.717) is 0 Å². The molecule has 0 unspecified atom stereocenters. The van der Waals surface area contributed by atoms with Crippen molar-refractivity contribution >= 4 is 17.2 Å². The Hall–Kier alpha value is -2.14. The summed E-state index contributed by atoms with van der Waals surface area (Å²) in [7, 11) is 4.04. The zero-order valence-electron chi connectivity index (χ0n) is 11.9. The fraction of sp³-hybridized carbons (Fsp3) is 0.333. The molecule has 5 heteroatoms. The van der Waals surface area contributed by atoms with Crippen molar-refractivity contribution in [1.29, 1.82) is 0 Å². The Bertz CT molecular complexity index is 598. The topological polar surface area (TPSA) is 44.3 Å². The van der Waals surface area contributed by atoms with Gasteiger partial charge in [0, 0.05) is 32.9 Å². The molecule has 1 aliphatic rings. The summed E-state index contributed by atoms with van der Waals surface area (Å²) in [5, 5.41) is 3.11. The van der Waals surface area contributed by atoms with Crippen LogP contribution in [-0.4, -0.2) is 37.2 Å². The lowest BCUT2D eigenvalue weighted by molar-refractivity contribution is 0.769. The SMILES string of the molecule is CNCc1cncc(N2CCN(C)c3ccccc32)n1. The number of nitrogens with zero attached hydrogens (tertiary/aromatic N) is 4. The maximum absolute atomic E-state index is 4.69. The van der Waals surface area contributed by atoms with E-state index in [9.17, 15) is 0 Å². The summed E-state index contributed by atoms with van der Waals surface area (Å²) < 4.78 is 0. The Morgan fingerprint density at radius 2 is 1.95 bits per heavy atom. The monoisotopic (exact) mass is 269 g/mol. The minimum Gasteiger partial charge on any atom is -0.371 e. The molecule has 3 rings (SSSR count). The Balaban J connectivity index is 1.99. The van der Waals surface area contributed by atoms with Crippen LogP contribution < -0.4 is 15.1 Å². The molecule has 1 N–H and O–H groups in total. The number of rotatable bonds is 3. The molecule has 0 atom stereocenters. The van der Waals surface area contributed by atoms with Gasteiger partial charge in [-0.15, -0.1) is 0 Å². The second-order valence-corrected chi connectivity index (χ2v) is 4.96. The van der Waals surface area contributed by atoms with Crippen molar-refractivity contribution in [3.05, 3.63) is 42.4 Å². The third-order valence-corrected chi connectivity index (χ3v) is 3.55. The fourth-order valence-corrected chi connectivity index (χ4v) is 2.54. The van der Waals surface area contributed by atoms with Crippen LogP contribution in [0.15, 0.2) is 36.7 Å². The molecule has 0 bridgehead atoms. The van der Waals surface area contributed by atoms with Crippen LogP contribution in [0.4, 0.5) is 17.2 Å². The van der Waals surface area contributed by atoms with E-state index in [2.05, 4.69) is 51.4 Å². The van der Waals surface area contributed by atoms with Crippen LogP contribution >= 0.6 is 0 Å². The summed E-state index contributed by atoms with van der Waals surface area (Å²) in [6.45, 7) is 2.64. The predicted molar refractivity (Wildman–Crippen MR) is 81.5 cm³/mol. The number of anilines is 3. The van der Waals surface area contributed by atoms with Crippen molar-refractivity contribution in [3.63, 3.8) is 0 Å². The number of benzene rings is 1. The van der Waals surface area contributed by atoms with E-state index >= 15 is 0 Å². The first-order chi connectivity index (χ1) is 9.79. The van der Waals surface area contributed by atoms with Gasteiger partial charge in [0.25, 0.3) is 0 Å². The van der Waals surface area contributed by atoms with Gasteiger partial charge in [0.05, 0.1) is 23.3 Å². The van der Waals surface area contributed by atoms with E-state index in [-0.39, 0.29) is 0 Å². The van der Waals surface area contributed by atoms with E-state index < -0.39 is 0 Å². The predicted octanol–water partition coefficient (Wildman–Crippen LogP) is 1.78. The zero-order valence-corrected chi connectivity index (χ0v) is 11.9. The second kappa shape index (κ2) is 5.46. The molecule has 5 nitrogen and oxygen atoms in total. The molecule has 20 heavy (non-hydrogen) atoms. The highest BCUT2D eigenvalue weighted by atomic mass is 15.3. The Kier molecular flexibility index (Phi) is 3.52. The smallest absolute Gasteiger partial charge is 0.152 e. The third kappa shape index (κ3) is 2.32. The Labute approximate surface area is 119 Å². The van der Waals surface area contributed by atoms with Crippen molar-refractivity contribution < 1.29 is 0 Å². The highest BCUT2D eigenvalue weighted by Crippen LogP contribution is 2.35. The number of fused-ring (bicyclic) bond motifs is 1. The van der Waals surface area contributed by atoms with Crippen LogP contribution in [-0.2, 0) is 6.54 Å². The van der Waals surface area contributed by atoms with Crippen LogP contribution in [0, 0.1) is 0 Å². The van der Waals surface area contributed by atoms with Gasteiger partial charge in [0.15, 0.2) is 5.82 Å². The van der Waals surface area contributed by atoms with Gasteiger partial charge in [-0.25, -0.2) is 4.98 Å². The van der Waals surface area contributed by atoms with Crippen molar-refractivity contribution in [1.82, 2.24) is 15.3 Å². The van der Waals surface area contributed by atoms with Gasteiger partial charge in [-0.05, 0) is 19.2 Å². The molecule has 0 fully saturated rings.